The number of fused-ring (bicyclic) bond motifs is 1. The van der Waals surface area contributed by atoms with Crippen molar-refractivity contribution in [3.63, 3.8) is 0 Å². The van der Waals surface area contributed by atoms with E-state index in [9.17, 15) is 19.5 Å². The second-order valence-electron chi connectivity index (χ2n) is 9.14. The summed E-state index contributed by atoms with van der Waals surface area (Å²) in [5.41, 5.74) is 0.742. The Hall–Kier alpha value is -3.17. The molecule has 2 amide bonds. The van der Waals surface area contributed by atoms with Crippen LogP contribution in [0.1, 0.15) is 50.5 Å². The second kappa shape index (κ2) is 12.2. The molecule has 1 saturated heterocycles. The number of carbonyl (C=O) groups excluding carboxylic acids is 2. The number of allylic oxidation sites excluding steroid dienone is 1. The van der Waals surface area contributed by atoms with Crippen LogP contribution in [0.2, 0.25) is 0 Å². The lowest BCUT2D eigenvalue weighted by atomic mass is 9.81. The Morgan fingerprint density at radius 3 is 2.83 bits per heavy atom. The molecule has 2 aliphatic heterocycles. The van der Waals surface area contributed by atoms with Crippen molar-refractivity contribution in [2.24, 2.45) is 5.92 Å². The molecule has 9 heteroatoms. The molecule has 2 N–H and O–H groups in total. The molecule has 194 valence electrons. The van der Waals surface area contributed by atoms with E-state index in [4.69, 9.17) is 13.9 Å². The topological polar surface area (TPSA) is 118 Å². The standard InChI is InChI=1S/C27H34N2O7/c1-2-34-27-18(9-6-15-30)20(21-17-35-22-10-4-3-8-19(22)25(21)32)16-23(36-27)26(33)28-12-7-14-29-13-5-11-24(29)31/h3-4,8,10,16-18,20,27,30H,2,5-7,9,11-15H2,1H3,(H,28,33)/t18-,20+,27-/m0/s1. The van der Waals surface area contributed by atoms with E-state index >= 15 is 0 Å². The van der Waals surface area contributed by atoms with Gasteiger partial charge in [0.1, 0.15) is 5.58 Å². The lowest BCUT2D eigenvalue weighted by Crippen LogP contribution is -2.40. The number of aliphatic hydroxyl groups is 1. The highest BCUT2D eigenvalue weighted by Crippen LogP contribution is 2.38. The maximum atomic E-state index is 13.4. The summed E-state index contributed by atoms with van der Waals surface area (Å²) in [7, 11) is 0. The number of nitrogens with zero attached hydrogens (tertiary/aromatic N) is 1. The molecule has 9 nitrogen and oxygen atoms in total. The molecule has 0 bridgehead atoms. The molecule has 0 unspecified atom stereocenters. The Morgan fingerprint density at radius 1 is 1.25 bits per heavy atom. The van der Waals surface area contributed by atoms with Crippen molar-refractivity contribution in [2.75, 3.05) is 32.8 Å². The number of aliphatic hydroxyl groups excluding tert-OH is 1. The highest BCUT2D eigenvalue weighted by molar-refractivity contribution is 5.91. The highest BCUT2D eigenvalue weighted by atomic mass is 16.7. The minimum Gasteiger partial charge on any atom is -0.464 e. The van der Waals surface area contributed by atoms with Crippen LogP contribution in [0.3, 0.4) is 0 Å². The van der Waals surface area contributed by atoms with Gasteiger partial charge in [-0.3, -0.25) is 14.4 Å². The van der Waals surface area contributed by atoms with E-state index in [0.29, 0.717) is 61.9 Å². The van der Waals surface area contributed by atoms with Crippen molar-refractivity contribution in [3.05, 3.63) is 58.2 Å². The molecule has 36 heavy (non-hydrogen) atoms. The van der Waals surface area contributed by atoms with Crippen molar-refractivity contribution in [1.82, 2.24) is 10.2 Å². The molecule has 1 fully saturated rings. The quantitative estimate of drug-likeness (QED) is 0.457. The van der Waals surface area contributed by atoms with Crippen molar-refractivity contribution in [2.45, 2.75) is 51.2 Å². The molecule has 3 heterocycles. The Labute approximate surface area is 210 Å². The smallest absolute Gasteiger partial charge is 0.286 e. The summed E-state index contributed by atoms with van der Waals surface area (Å²) in [6, 6.07) is 7.04. The number of benzene rings is 1. The van der Waals surface area contributed by atoms with Crippen LogP contribution in [0.5, 0.6) is 0 Å². The molecule has 2 aromatic rings. The first kappa shape index (κ1) is 25.9. The van der Waals surface area contributed by atoms with Gasteiger partial charge >= 0.3 is 0 Å². The minimum absolute atomic E-state index is 0.00896. The summed E-state index contributed by atoms with van der Waals surface area (Å²) in [6.07, 6.45) is 5.50. The SMILES string of the molecule is CCO[C@H]1OC(C(=O)NCCCN2CCCC2=O)=C[C@@H](c2coc3ccccc3c2=O)[C@@H]1CCCO. The molecule has 3 atom stereocenters. The summed E-state index contributed by atoms with van der Waals surface area (Å²) in [5, 5.41) is 12.8. The van der Waals surface area contributed by atoms with Crippen LogP contribution in [0, 0.1) is 5.92 Å². The maximum absolute atomic E-state index is 13.4. The van der Waals surface area contributed by atoms with Crippen LogP contribution in [0.15, 0.2) is 51.6 Å². The van der Waals surface area contributed by atoms with Crippen LogP contribution in [0.25, 0.3) is 11.0 Å². The normalized spacial score (nSPS) is 21.9. The first-order valence-electron chi connectivity index (χ1n) is 12.7. The number of para-hydroxylation sites is 1. The molecular formula is C27H34N2O7. The molecule has 0 spiro atoms. The summed E-state index contributed by atoms with van der Waals surface area (Å²) in [6.45, 7) is 3.94. The molecule has 1 aromatic heterocycles. The zero-order valence-corrected chi connectivity index (χ0v) is 20.6. The average Bonchev–Trinajstić information content (AvgIpc) is 3.30. The number of rotatable bonds is 11. The molecule has 2 aliphatic rings. The van der Waals surface area contributed by atoms with Crippen molar-refractivity contribution in [1.29, 1.82) is 0 Å². The van der Waals surface area contributed by atoms with E-state index in [1.165, 1.54) is 6.26 Å². The summed E-state index contributed by atoms with van der Waals surface area (Å²) in [5.74, 6) is -0.943. The fourth-order valence-corrected chi connectivity index (χ4v) is 4.94. The number of likely N-dealkylation sites (tertiary alicyclic amines) is 1. The zero-order chi connectivity index (χ0) is 25.5. The predicted molar refractivity (Wildman–Crippen MR) is 133 cm³/mol. The fraction of sp³-hybridized carbons (Fsp3) is 0.519. The number of hydrogen-bond donors (Lipinski definition) is 2. The highest BCUT2D eigenvalue weighted by Gasteiger charge is 2.39. The van der Waals surface area contributed by atoms with Crippen LogP contribution in [-0.2, 0) is 19.1 Å². The van der Waals surface area contributed by atoms with E-state index in [1.54, 1.807) is 30.3 Å². The van der Waals surface area contributed by atoms with Crippen LogP contribution < -0.4 is 10.7 Å². The second-order valence-corrected chi connectivity index (χ2v) is 9.14. The van der Waals surface area contributed by atoms with Gasteiger partial charge in [0.05, 0.1) is 11.6 Å². The van der Waals surface area contributed by atoms with Gasteiger partial charge in [-0.25, -0.2) is 0 Å². The lowest BCUT2D eigenvalue weighted by Gasteiger charge is -2.36. The zero-order valence-electron chi connectivity index (χ0n) is 20.6. The Bertz CT molecular complexity index is 1160. The maximum Gasteiger partial charge on any atom is 0.286 e. The van der Waals surface area contributed by atoms with E-state index < -0.39 is 18.1 Å². The predicted octanol–water partition coefficient (Wildman–Crippen LogP) is 2.67. The molecule has 0 radical (unpaired) electrons. The molecule has 1 aromatic carbocycles. The van der Waals surface area contributed by atoms with Gasteiger partial charge in [-0.1, -0.05) is 12.1 Å². The molecule has 0 aliphatic carbocycles. The molecular weight excluding hydrogens is 464 g/mol. The van der Waals surface area contributed by atoms with Crippen LogP contribution >= 0.6 is 0 Å². The minimum atomic E-state index is -0.759. The van der Waals surface area contributed by atoms with Gasteiger partial charge in [0.15, 0.2) is 11.2 Å². The number of nitrogens with one attached hydrogen (secondary N) is 1. The van der Waals surface area contributed by atoms with E-state index in [2.05, 4.69) is 5.32 Å². The van der Waals surface area contributed by atoms with Gasteiger partial charge in [-0.2, -0.15) is 0 Å². The van der Waals surface area contributed by atoms with Gasteiger partial charge in [0.25, 0.3) is 5.91 Å². The van der Waals surface area contributed by atoms with E-state index in [-0.39, 0.29) is 29.6 Å². The van der Waals surface area contributed by atoms with E-state index in [0.717, 1.165) is 13.0 Å². The van der Waals surface area contributed by atoms with Gasteiger partial charge in [0.2, 0.25) is 12.2 Å². The van der Waals surface area contributed by atoms with Crippen LogP contribution in [0.4, 0.5) is 0 Å². The molecule has 0 saturated carbocycles. The lowest BCUT2D eigenvalue weighted by molar-refractivity contribution is -0.166. The molecule has 4 rings (SSSR count). The number of amides is 2. The monoisotopic (exact) mass is 498 g/mol. The van der Waals surface area contributed by atoms with Crippen molar-refractivity contribution in [3.8, 4) is 0 Å². The Morgan fingerprint density at radius 2 is 2.08 bits per heavy atom. The van der Waals surface area contributed by atoms with Crippen molar-refractivity contribution < 1.29 is 28.6 Å². The van der Waals surface area contributed by atoms with Gasteiger partial charge in [-0.05, 0) is 50.8 Å². The Balaban J connectivity index is 1.57. The van der Waals surface area contributed by atoms with Gasteiger partial charge < -0.3 is 29.2 Å². The number of ether oxygens (including phenoxy) is 2. The van der Waals surface area contributed by atoms with Crippen molar-refractivity contribution >= 4 is 22.8 Å². The third kappa shape index (κ3) is 5.79. The van der Waals surface area contributed by atoms with Gasteiger partial charge in [0, 0.05) is 56.7 Å². The van der Waals surface area contributed by atoms with Gasteiger partial charge in [-0.15, -0.1) is 0 Å². The third-order valence-corrected chi connectivity index (χ3v) is 6.76. The first-order chi connectivity index (χ1) is 17.5. The number of hydrogen-bond acceptors (Lipinski definition) is 7. The van der Waals surface area contributed by atoms with E-state index in [1.807, 2.05) is 11.8 Å². The first-order valence-corrected chi connectivity index (χ1v) is 12.7. The number of carbonyl (C=O) groups is 2. The largest absolute Gasteiger partial charge is 0.464 e. The summed E-state index contributed by atoms with van der Waals surface area (Å²) >= 11 is 0. The summed E-state index contributed by atoms with van der Waals surface area (Å²) in [4.78, 5) is 40.0. The Kier molecular flexibility index (Phi) is 8.77. The average molecular weight is 499 g/mol. The summed E-state index contributed by atoms with van der Waals surface area (Å²) < 4.78 is 17.6. The third-order valence-electron chi connectivity index (χ3n) is 6.76. The van der Waals surface area contributed by atoms with Crippen LogP contribution in [-0.4, -0.2) is 61.0 Å². The fourth-order valence-electron chi connectivity index (χ4n) is 4.94.